The molecule has 138 valence electrons. The Kier molecular flexibility index (Phi) is 5.23. The van der Waals surface area contributed by atoms with Crippen molar-refractivity contribution in [1.82, 2.24) is 14.1 Å². The molecule has 1 amide bonds. The van der Waals surface area contributed by atoms with E-state index in [0.717, 1.165) is 57.9 Å². The topological polar surface area (TPSA) is 60.9 Å². The molecule has 0 radical (unpaired) electrons. The molecule has 0 aromatic rings. The number of amides is 1. The van der Waals surface area contributed by atoms with Crippen LogP contribution < -0.4 is 0 Å². The van der Waals surface area contributed by atoms with Gasteiger partial charge in [0.2, 0.25) is 15.9 Å². The summed E-state index contributed by atoms with van der Waals surface area (Å²) in [5, 5.41) is 0. The number of nitrogens with zero attached hydrogens (tertiary/aromatic N) is 3. The quantitative estimate of drug-likeness (QED) is 0.682. The maximum Gasteiger partial charge on any atom is 0.230 e. The molecule has 2 aliphatic heterocycles. The van der Waals surface area contributed by atoms with Crippen molar-refractivity contribution in [2.45, 2.75) is 38.5 Å². The molecule has 7 heteroatoms. The summed E-state index contributed by atoms with van der Waals surface area (Å²) >= 11 is 0. The summed E-state index contributed by atoms with van der Waals surface area (Å²) in [4.78, 5) is 17.4. The average Bonchev–Trinajstić information content (AvgIpc) is 3.24. The third-order valence-corrected chi connectivity index (χ3v) is 7.78. The third-order valence-electron chi connectivity index (χ3n) is 5.87. The van der Waals surface area contributed by atoms with E-state index in [2.05, 4.69) is 9.80 Å². The Morgan fingerprint density at radius 2 is 1.96 bits per heavy atom. The van der Waals surface area contributed by atoms with Gasteiger partial charge in [0.15, 0.2) is 0 Å². The lowest BCUT2D eigenvalue weighted by Gasteiger charge is -2.39. The zero-order valence-electron chi connectivity index (χ0n) is 15.0. The highest BCUT2D eigenvalue weighted by atomic mass is 32.2. The maximum atomic E-state index is 13.0. The second-order valence-electron chi connectivity index (χ2n) is 8.06. The third kappa shape index (κ3) is 3.94. The highest BCUT2D eigenvalue weighted by molar-refractivity contribution is 7.89. The molecule has 3 aliphatic rings. The van der Waals surface area contributed by atoms with Crippen molar-refractivity contribution in [1.29, 1.82) is 0 Å². The maximum absolute atomic E-state index is 13.0. The van der Waals surface area contributed by atoms with Crippen LogP contribution in [-0.4, -0.2) is 81.0 Å². The molecular formula is C17H31N3O3S. The first-order valence-corrected chi connectivity index (χ1v) is 10.9. The molecule has 1 saturated carbocycles. The normalized spacial score (nSPS) is 29.1. The Morgan fingerprint density at radius 1 is 1.21 bits per heavy atom. The van der Waals surface area contributed by atoms with Gasteiger partial charge in [0.05, 0.1) is 11.2 Å². The number of carbonyl (C=O) groups is 1. The zero-order chi connectivity index (χ0) is 17.4. The smallest absolute Gasteiger partial charge is 0.230 e. The lowest BCUT2D eigenvalue weighted by atomic mass is 9.78. The molecule has 24 heavy (non-hydrogen) atoms. The van der Waals surface area contributed by atoms with Gasteiger partial charge in [-0.05, 0) is 57.5 Å². The monoisotopic (exact) mass is 357 g/mol. The van der Waals surface area contributed by atoms with Crippen LogP contribution in [0.3, 0.4) is 0 Å². The van der Waals surface area contributed by atoms with Gasteiger partial charge < -0.3 is 9.80 Å². The van der Waals surface area contributed by atoms with Crippen LogP contribution in [0.25, 0.3) is 0 Å². The van der Waals surface area contributed by atoms with Gasteiger partial charge in [-0.3, -0.25) is 4.79 Å². The molecule has 1 atom stereocenters. The van der Waals surface area contributed by atoms with Gasteiger partial charge >= 0.3 is 0 Å². The molecule has 3 rings (SSSR count). The molecule has 2 saturated heterocycles. The largest absolute Gasteiger partial charge is 0.342 e. The standard InChI is InChI=1S/C17H31N3O3S/c1-18(2)24(22,23)12-4-9-19-11-8-17(14-19)7-3-10-20(16(17)21)13-15-5-6-15/h15H,3-14H2,1-2H3. The highest BCUT2D eigenvalue weighted by Crippen LogP contribution is 2.41. The van der Waals surface area contributed by atoms with Crippen molar-refractivity contribution in [3.63, 3.8) is 0 Å². The summed E-state index contributed by atoms with van der Waals surface area (Å²) in [6, 6.07) is 0. The second kappa shape index (κ2) is 6.92. The summed E-state index contributed by atoms with van der Waals surface area (Å²) in [5.41, 5.74) is -0.187. The van der Waals surface area contributed by atoms with Crippen LogP contribution in [0.2, 0.25) is 0 Å². The Morgan fingerprint density at radius 3 is 2.62 bits per heavy atom. The van der Waals surface area contributed by atoms with Crippen molar-refractivity contribution in [3.05, 3.63) is 0 Å². The van der Waals surface area contributed by atoms with Gasteiger partial charge in [-0.1, -0.05) is 0 Å². The van der Waals surface area contributed by atoms with Crippen LogP contribution in [-0.2, 0) is 14.8 Å². The summed E-state index contributed by atoms with van der Waals surface area (Å²) in [6.07, 6.45) is 6.25. The first-order valence-electron chi connectivity index (χ1n) is 9.24. The fourth-order valence-corrected chi connectivity index (χ4v) is 4.98. The number of sulfonamides is 1. The van der Waals surface area contributed by atoms with Crippen molar-refractivity contribution >= 4 is 15.9 Å². The van der Waals surface area contributed by atoms with Crippen LogP contribution >= 0.6 is 0 Å². The van der Waals surface area contributed by atoms with E-state index in [1.807, 2.05) is 0 Å². The van der Waals surface area contributed by atoms with Crippen LogP contribution in [0.4, 0.5) is 0 Å². The second-order valence-corrected chi connectivity index (χ2v) is 10.4. The first kappa shape index (κ1) is 18.1. The average molecular weight is 358 g/mol. The molecule has 0 aromatic heterocycles. The molecule has 1 aliphatic carbocycles. The summed E-state index contributed by atoms with van der Waals surface area (Å²) in [5.74, 6) is 1.30. The zero-order valence-corrected chi connectivity index (χ0v) is 15.9. The molecule has 0 N–H and O–H groups in total. The Balaban J connectivity index is 1.51. The summed E-state index contributed by atoms with van der Waals surface area (Å²) in [6.45, 7) is 4.39. The number of hydrogen-bond acceptors (Lipinski definition) is 4. The van der Waals surface area contributed by atoms with Crippen molar-refractivity contribution in [2.75, 3.05) is 52.6 Å². The minimum atomic E-state index is -3.12. The van der Waals surface area contributed by atoms with Crippen molar-refractivity contribution in [3.8, 4) is 0 Å². The first-order chi connectivity index (χ1) is 11.3. The van der Waals surface area contributed by atoms with Crippen molar-refractivity contribution in [2.24, 2.45) is 11.3 Å². The molecule has 3 fully saturated rings. The number of likely N-dealkylation sites (tertiary alicyclic amines) is 2. The van der Waals surface area contributed by atoms with Gasteiger partial charge in [-0.2, -0.15) is 0 Å². The van der Waals surface area contributed by atoms with Crippen LogP contribution in [0.15, 0.2) is 0 Å². The van der Waals surface area contributed by atoms with E-state index in [1.165, 1.54) is 17.1 Å². The van der Waals surface area contributed by atoms with Crippen LogP contribution in [0.1, 0.15) is 38.5 Å². The molecule has 2 heterocycles. The molecule has 6 nitrogen and oxygen atoms in total. The summed E-state index contributed by atoms with van der Waals surface area (Å²) < 4.78 is 25.0. The lowest BCUT2D eigenvalue weighted by molar-refractivity contribution is -0.145. The van der Waals surface area contributed by atoms with Gasteiger partial charge in [-0.25, -0.2) is 12.7 Å². The van der Waals surface area contributed by atoms with Gasteiger partial charge in [0.25, 0.3) is 0 Å². The van der Waals surface area contributed by atoms with Gasteiger partial charge in [0.1, 0.15) is 0 Å². The van der Waals surface area contributed by atoms with Crippen LogP contribution in [0, 0.1) is 11.3 Å². The van der Waals surface area contributed by atoms with Gasteiger partial charge in [-0.15, -0.1) is 0 Å². The Bertz CT molecular complexity index is 574. The fraction of sp³-hybridized carbons (Fsp3) is 0.941. The number of carbonyl (C=O) groups excluding carboxylic acids is 1. The number of piperidine rings is 1. The number of hydrogen-bond donors (Lipinski definition) is 0. The SMILES string of the molecule is CN(C)S(=O)(=O)CCCN1CCC2(CCCN(CC3CC3)C2=O)C1. The van der Waals surface area contributed by atoms with E-state index >= 15 is 0 Å². The van der Waals surface area contributed by atoms with Crippen LogP contribution in [0.5, 0.6) is 0 Å². The fourth-order valence-electron chi connectivity index (χ4n) is 4.12. The number of rotatable bonds is 7. The Hall–Kier alpha value is -0.660. The van der Waals surface area contributed by atoms with Gasteiger partial charge in [0, 0.05) is 33.7 Å². The summed E-state index contributed by atoms with van der Waals surface area (Å²) in [7, 11) is 0.0395. The molecule has 0 aromatic carbocycles. The molecule has 1 unspecified atom stereocenters. The predicted octanol–water partition coefficient (Wildman–Crippen LogP) is 0.992. The highest BCUT2D eigenvalue weighted by Gasteiger charge is 2.48. The minimum absolute atomic E-state index is 0.186. The van der Waals surface area contributed by atoms with E-state index in [-0.39, 0.29) is 11.2 Å². The van der Waals surface area contributed by atoms with E-state index < -0.39 is 10.0 Å². The van der Waals surface area contributed by atoms with E-state index in [0.29, 0.717) is 12.3 Å². The van der Waals surface area contributed by atoms with E-state index in [4.69, 9.17) is 0 Å². The molecule has 1 spiro atoms. The molecular weight excluding hydrogens is 326 g/mol. The molecule has 0 bridgehead atoms. The Labute approximate surface area is 146 Å². The van der Waals surface area contributed by atoms with E-state index in [9.17, 15) is 13.2 Å². The lowest BCUT2D eigenvalue weighted by Crippen LogP contribution is -2.50. The predicted molar refractivity (Wildman–Crippen MR) is 94.1 cm³/mol. The van der Waals surface area contributed by atoms with Crippen molar-refractivity contribution < 1.29 is 13.2 Å². The van der Waals surface area contributed by atoms with E-state index in [1.54, 1.807) is 14.1 Å². The minimum Gasteiger partial charge on any atom is -0.342 e.